The van der Waals surface area contributed by atoms with E-state index in [0.29, 0.717) is 0 Å². The average molecular weight is 395 g/mol. The van der Waals surface area contributed by atoms with Gasteiger partial charge in [0.2, 0.25) is 0 Å². The number of carbonyl (C=O) groups is 1. The number of thiophene rings is 1. The van der Waals surface area contributed by atoms with Crippen LogP contribution in [0, 0.1) is 6.92 Å². The lowest BCUT2D eigenvalue weighted by atomic mass is 10.2. The third kappa shape index (κ3) is 2.98. The predicted molar refractivity (Wildman–Crippen MR) is 110 cm³/mol. The predicted octanol–water partition coefficient (Wildman–Crippen LogP) is 2.55. The Balaban J connectivity index is 1.24. The Labute approximate surface area is 166 Å². The van der Waals surface area contributed by atoms with Crippen LogP contribution in [-0.2, 0) is 13.6 Å². The van der Waals surface area contributed by atoms with Crippen LogP contribution < -0.4 is 0 Å². The van der Waals surface area contributed by atoms with Crippen LogP contribution in [0.4, 0.5) is 0 Å². The molecule has 1 amide bonds. The summed E-state index contributed by atoms with van der Waals surface area (Å²) in [7, 11) is 1.93. The van der Waals surface area contributed by atoms with Gasteiger partial charge in [-0.05, 0) is 25.1 Å². The largest absolute Gasteiger partial charge is 0.335 e. The molecule has 0 unspecified atom stereocenters. The van der Waals surface area contributed by atoms with Crippen LogP contribution in [0.2, 0.25) is 0 Å². The van der Waals surface area contributed by atoms with Gasteiger partial charge in [-0.1, -0.05) is 6.07 Å². The molecule has 5 rings (SSSR count). The summed E-state index contributed by atoms with van der Waals surface area (Å²) in [6.45, 7) is 6.03. The molecule has 0 atom stereocenters. The highest BCUT2D eigenvalue weighted by Crippen LogP contribution is 2.28. The number of fused-ring (bicyclic) bond motifs is 2. The fourth-order valence-electron chi connectivity index (χ4n) is 3.87. The molecule has 0 bridgehead atoms. The zero-order chi connectivity index (χ0) is 19.3. The van der Waals surface area contributed by atoms with Crippen LogP contribution in [0.1, 0.15) is 21.1 Å². The van der Waals surface area contributed by atoms with Crippen molar-refractivity contribution < 1.29 is 4.79 Å². The van der Waals surface area contributed by atoms with Crippen molar-refractivity contribution >= 4 is 33.1 Å². The van der Waals surface area contributed by atoms with Gasteiger partial charge in [0, 0.05) is 57.6 Å². The van der Waals surface area contributed by atoms with E-state index in [1.54, 1.807) is 0 Å². The second-order valence-electron chi connectivity index (χ2n) is 7.31. The van der Waals surface area contributed by atoms with Crippen molar-refractivity contribution in [3.8, 4) is 0 Å². The molecule has 8 heteroatoms. The number of imidazole rings is 1. The van der Waals surface area contributed by atoms with Gasteiger partial charge in [0.1, 0.15) is 10.5 Å². The van der Waals surface area contributed by atoms with Gasteiger partial charge in [-0.15, -0.1) is 11.3 Å². The SMILES string of the molecule is Cc1nn(C)c2sc(C(=O)N3CCN(Cc4cn5ccccc5n4)CC3)cc12. The molecule has 0 spiro atoms. The quantitative estimate of drug-likeness (QED) is 0.536. The Morgan fingerprint density at radius 3 is 2.79 bits per heavy atom. The van der Waals surface area contributed by atoms with Crippen molar-refractivity contribution in [1.29, 1.82) is 0 Å². The van der Waals surface area contributed by atoms with Gasteiger partial charge in [-0.3, -0.25) is 14.4 Å². The molecule has 1 aliphatic heterocycles. The molecule has 0 radical (unpaired) electrons. The smallest absolute Gasteiger partial charge is 0.264 e. The van der Waals surface area contributed by atoms with Crippen molar-refractivity contribution in [1.82, 2.24) is 29.0 Å². The molecule has 0 aromatic carbocycles. The lowest BCUT2D eigenvalue weighted by Gasteiger charge is -2.34. The number of pyridine rings is 1. The van der Waals surface area contributed by atoms with Crippen LogP contribution in [0.5, 0.6) is 0 Å². The maximum atomic E-state index is 12.9. The van der Waals surface area contributed by atoms with Crippen LogP contribution in [0.15, 0.2) is 36.7 Å². The van der Waals surface area contributed by atoms with E-state index in [-0.39, 0.29) is 5.91 Å². The fourth-order valence-corrected chi connectivity index (χ4v) is 4.96. The monoisotopic (exact) mass is 394 g/mol. The van der Waals surface area contributed by atoms with Gasteiger partial charge in [-0.25, -0.2) is 4.98 Å². The molecule has 0 aliphatic carbocycles. The van der Waals surface area contributed by atoms with Crippen molar-refractivity contribution in [2.24, 2.45) is 7.05 Å². The summed E-state index contributed by atoms with van der Waals surface area (Å²) in [4.78, 5) is 23.8. The number of nitrogens with zero attached hydrogens (tertiary/aromatic N) is 6. The Morgan fingerprint density at radius 1 is 1.21 bits per heavy atom. The number of hydrogen-bond acceptors (Lipinski definition) is 5. The van der Waals surface area contributed by atoms with Crippen LogP contribution >= 0.6 is 11.3 Å². The molecule has 0 N–H and O–H groups in total. The third-order valence-corrected chi connectivity index (χ3v) is 6.56. The summed E-state index contributed by atoms with van der Waals surface area (Å²) in [5.41, 5.74) is 3.02. The van der Waals surface area contributed by atoms with E-state index in [0.717, 1.165) is 64.9 Å². The number of carbonyl (C=O) groups excluding carboxylic acids is 1. The minimum absolute atomic E-state index is 0.132. The van der Waals surface area contributed by atoms with Crippen molar-refractivity contribution in [2.75, 3.05) is 26.2 Å². The maximum Gasteiger partial charge on any atom is 0.264 e. The summed E-state index contributed by atoms with van der Waals surface area (Å²) >= 11 is 1.54. The topological polar surface area (TPSA) is 58.7 Å². The minimum Gasteiger partial charge on any atom is -0.335 e. The van der Waals surface area contributed by atoms with Gasteiger partial charge in [0.05, 0.1) is 16.3 Å². The first-order valence-corrected chi connectivity index (χ1v) is 10.3. The molecule has 144 valence electrons. The number of rotatable bonds is 3. The Bertz CT molecular complexity index is 1100. The van der Waals surface area contributed by atoms with Gasteiger partial charge in [-0.2, -0.15) is 5.10 Å². The van der Waals surface area contributed by atoms with Crippen LogP contribution in [0.3, 0.4) is 0 Å². The number of amides is 1. The molecule has 28 heavy (non-hydrogen) atoms. The summed E-state index contributed by atoms with van der Waals surface area (Å²) in [5.74, 6) is 0.132. The first-order valence-electron chi connectivity index (χ1n) is 9.46. The molecule has 7 nitrogen and oxygen atoms in total. The Morgan fingerprint density at radius 2 is 2.04 bits per heavy atom. The van der Waals surface area contributed by atoms with Gasteiger partial charge in [0.15, 0.2) is 0 Å². The standard InChI is InChI=1S/C20H22N6OS/c1-14-16-11-17(28-20(16)23(2)22-14)19(27)25-9-7-24(8-10-25)12-15-13-26-6-4-3-5-18(26)21-15/h3-6,11,13H,7-10,12H2,1-2H3. The molecular formula is C20H22N6OS. The normalized spacial score (nSPS) is 15.7. The number of piperazine rings is 1. The summed E-state index contributed by atoms with van der Waals surface area (Å²) in [6.07, 6.45) is 4.10. The molecule has 5 heterocycles. The molecule has 1 fully saturated rings. The van der Waals surface area contributed by atoms with Crippen LogP contribution in [0.25, 0.3) is 15.9 Å². The number of aryl methyl sites for hydroxylation is 2. The first-order chi connectivity index (χ1) is 13.6. The Kier molecular flexibility index (Phi) is 4.17. The average Bonchev–Trinajstić information content (AvgIpc) is 3.37. The summed E-state index contributed by atoms with van der Waals surface area (Å²) in [6, 6.07) is 8.02. The summed E-state index contributed by atoms with van der Waals surface area (Å²) in [5, 5.41) is 5.50. The number of hydrogen-bond donors (Lipinski definition) is 0. The highest BCUT2D eigenvalue weighted by Gasteiger charge is 2.25. The molecule has 1 saturated heterocycles. The zero-order valence-electron chi connectivity index (χ0n) is 16.0. The van der Waals surface area contributed by atoms with E-state index in [4.69, 9.17) is 0 Å². The third-order valence-electron chi connectivity index (χ3n) is 5.37. The second kappa shape index (κ2) is 6.72. The fraction of sp³-hybridized carbons (Fsp3) is 0.350. The lowest BCUT2D eigenvalue weighted by molar-refractivity contribution is 0.0632. The zero-order valence-corrected chi connectivity index (χ0v) is 16.8. The van der Waals surface area contributed by atoms with E-state index in [2.05, 4.69) is 21.2 Å². The molecule has 1 aliphatic rings. The van der Waals surface area contributed by atoms with E-state index in [9.17, 15) is 4.79 Å². The van der Waals surface area contributed by atoms with Gasteiger partial charge in [0.25, 0.3) is 5.91 Å². The molecular weight excluding hydrogens is 372 g/mol. The second-order valence-corrected chi connectivity index (χ2v) is 8.34. The van der Waals surface area contributed by atoms with Gasteiger partial charge >= 0.3 is 0 Å². The summed E-state index contributed by atoms with van der Waals surface area (Å²) < 4.78 is 3.91. The van der Waals surface area contributed by atoms with Gasteiger partial charge < -0.3 is 9.30 Å². The maximum absolute atomic E-state index is 12.9. The van der Waals surface area contributed by atoms with E-state index in [1.807, 2.05) is 58.4 Å². The van der Waals surface area contributed by atoms with E-state index < -0.39 is 0 Å². The first kappa shape index (κ1) is 17.4. The lowest BCUT2D eigenvalue weighted by Crippen LogP contribution is -2.48. The number of aromatic nitrogens is 4. The van der Waals surface area contributed by atoms with Crippen molar-refractivity contribution in [2.45, 2.75) is 13.5 Å². The Hall–Kier alpha value is -2.71. The van der Waals surface area contributed by atoms with Crippen molar-refractivity contribution in [3.05, 3.63) is 52.9 Å². The highest BCUT2D eigenvalue weighted by molar-refractivity contribution is 7.20. The van der Waals surface area contributed by atoms with Crippen molar-refractivity contribution in [3.63, 3.8) is 0 Å². The van der Waals surface area contributed by atoms with E-state index in [1.165, 1.54) is 11.3 Å². The molecule has 4 aromatic rings. The molecule has 4 aromatic heterocycles. The van der Waals surface area contributed by atoms with E-state index >= 15 is 0 Å². The highest BCUT2D eigenvalue weighted by atomic mass is 32.1. The molecule has 0 saturated carbocycles. The minimum atomic E-state index is 0.132. The van der Waals surface area contributed by atoms with Crippen LogP contribution in [-0.4, -0.2) is 61.1 Å².